The molecule has 18 heavy (non-hydrogen) atoms. The van der Waals surface area contributed by atoms with Crippen molar-refractivity contribution in [3.05, 3.63) is 24.0 Å². The van der Waals surface area contributed by atoms with Crippen LogP contribution in [-0.2, 0) is 22.6 Å². The average molecular weight is 250 g/mol. The lowest BCUT2D eigenvalue weighted by Crippen LogP contribution is -2.42. The van der Waals surface area contributed by atoms with Gasteiger partial charge in [0, 0.05) is 57.9 Å². The van der Waals surface area contributed by atoms with Gasteiger partial charge in [0.1, 0.15) is 0 Å². The van der Waals surface area contributed by atoms with Gasteiger partial charge in [-0.25, -0.2) is 0 Å². The van der Waals surface area contributed by atoms with Gasteiger partial charge in [0.25, 0.3) is 0 Å². The van der Waals surface area contributed by atoms with Gasteiger partial charge >= 0.3 is 0 Å². The van der Waals surface area contributed by atoms with E-state index in [2.05, 4.69) is 27.8 Å². The third-order valence-corrected chi connectivity index (χ3v) is 4.17. The predicted octanol–water partition coefficient (Wildman–Crippen LogP) is 1.50. The molecular weight excluding hydrogens is 228 g/mol. The summed E-state index contributed by atoms with van der Waals surface area (Å²) in [5, 5.41) is 0. The SMILES string of the molecule is COC1CN(C2CCOCC2)Cc2cccn2C1. The summed E-state index contributed by atoms with van der Waals surface area (Å²) in [6.45, 7) is 4.85. The van der Waals surface area contributed by atoms with Gasteiger partial charge in [-0.1, -0.05) is 0 Å². The lowest BCUT2D eigenvalue weighted by Gasteiger charge is -2.34. The van der Waals surface area contributed by atoms with Gasteiger partial charge in [0.15, 0.2) is 0 Å². The van der Waals surface area contributed by atoms with Crippen LogP contribution in [0.2, 0.25) is 0 Å². The maximum Gasteiger partial charge on any atom is 0.0876 e. The highest BCUT2D eigenvalue weighted by molar-refractivity contribution is 5.09. The predicted molar refractivity (Wildman–Crippen MR) is 69.5 cm³/mol. The maximum absolute atomic E-state index is 5.62. The molecule has 0 spiro atoms. The Bertz CT molecular complexity index is 385. The molecule has 0 N–H and O–H groups in total. The van der Waals surface area contributed by atoms with Crippen LogP contribution in [0.4, 0.5) is 0 Å². The molecule has 3 rings (SSSR count). The standard InChI is InChI=1S/C14H22N2O2/c1-17-14-10-15-6-2-3-13(15)9-16(11-14)12-4-7-18-8-5-12/h2-3,6,12,14H,4-5,7-11H2,1H3. The van der Waals surface area contributed by atoms with Gasteiger partial charge in [0.2, 0.25) is 0 Å². The monoisotopic (exact) mass is 250 g/mol. The van der Waals surface area contributed by atoms with Crippen LogP contribution in [0.25, 0.3) is 0 Å². The first kappa shape index (κ1) is 12.2. The van der Waals surface area contributed by atoms with Crippen molar-refractivity contribution in [2.24, 2.45) is 0 Å². The fraction of sp³-hybridized carbons (Fsp3) is 0.714. The average Bonchev–Trinajstić information content (AvgIpc) is 2.77. The summed E-state index contributed by atoms with van der Waals surface area (Å²) in [6, 6.07) is 5.01. The zero-order chi connectivity index (χ0) is 12.4. The fourth-order valence-electron chi connectivity index (χ4n) is 3.06. The minimum atomic E-state index is 0.293. The molecule has 0 bridgehead atoms. The Balaban J connectivity index is 1.77. The van der Waals surface area contributed by atoms with E-state index in [0.29, 0.717) is 12.1 Å². The Labute approximate surface area is 108 Å². The van der Waals surface area contributed by atoms with Crippen molar-refractivity contribution in [2.45, 2.75) is 38.1 Å². The van der Waals surface area contributed by atoms with Gasteiger partial charge in [-0.3, -0.25) is 4.90 Å². The second-order valence-corrected chi connectivity index (χ2v) is 5.28. The Morgan fingerprint density at radius 2 is 2.11 bits per heavy atom. The Morgan fingerprint density at radius 1 is 1.28 bits per heavy atom. The minimum absolute atomic E-state index is 0.293. The lowest BCUT2D eigenvalue weighted by molar-refractivity contribution is 0.00208. The highest BCUT2D eigenvalue weighted by Gasteiger charge is 2.27. The van der Waals surface area contributed by atoms with E-state index in [0.717, 1.165) is 45.7 Å². The highest BCUT2D eigenvalue weighted by atomic mass is 16.5. The van der Waals surface area contributed by atoms with E-state index in [9.17, 15) is 0 Å². The molecule has 0 aromatic carbocycles. The molecule has 1 atom stereocenters. The first-order valence-electron chi connectivity index (χ1n) is 6.85. The number of nitrogens with zero attached hydrogens (tertiary/aromatic N) is 2. The van der Waals surface area contributed by atoms with Crippen LogP contribution < -0.4 is 0 Å². The number of aromatic nitrogens is 1. The van der Waals surface area contributed by atoms with E-state index in [1.807, 2.05) is 7.11 Å². The number of hydrogen-bond donors (Lipinski definition) is 0. The van der Waals surface area contributed by atoms with Crippen molar-refractivity contribution in [2.75, 3.05) is 26.9 Å². The van der Waals surface area contributed by atoms with Crippen molar-refractivity contribution in [1.82, 2.24) is 9.47 Å². The van der Waals surface area contributed by atoms with E-state index < -0.39 is 0 Å². The largest absolute Gasteiger partial charge is 0.381 e. The summed E-state index contributed by atoms with van der Waals surface area (Å²) < 4.78 is 13.4. The molecule has 1 aromatic rings. The van der Waals surface area contributed by atoms with Crippen molar-refractivity contribution >= 4 is 0 Å². The van der Waals surface area contributed by atoms with Crippen LogP contribution in [0.15, 0.2) is 18.3 Å². The second kappa shape index (κ2) is 5.43. The van der Waals surface area contributed by atoms with Crippen LogP contribution >= 0.6 is 0 Å². The summed E-state index contributed by atoms with van der Waals surface area (Å²) in [5.41, 5.74) is 1.40. The molecule has 0 amide bonds. The van der Waals surface area contributed by atoms with Gasteiger partial charge in [-0.2, -0.15) is 0 Å². The topological polar surface area (TPSA) is 26.6 Å². The second-order valence-electron chi connectivity index (χ2n) is 5.28. The zero-order valence-electron chi connectivity index (χ0n) is 11.0. The molecule has 2 aliphatic rings. The minimum Gasteiger partial charge on any atom is -0.381 e. The molecule has 3 heterocycles. The number of hydrogen-bond acceptors (Lipinski definition) is 3. The van der Waals surface area contributed by atoms with Crippen LogP contribution in [0.5, 0.6) is 0 Å². The number of rotatable bonds is 2. The van der Waals surface area contributed by atoms with Crippen LogP contribution in [0.1, 0.15) is 18.5 Å². The highest BCUT2D eigenvalue weighted by Crippen LogP contribution is 2.21. The van der Waals surface area contributed by atoms with E-state index in [4.69, 9.17) is 9.47 Å². The molecule has 0 aliphatic carbocycles. The third kappa shape index (κ3) is 2.46. The lowest BCUT2D eigenvalue weighted by atomic mass is 10.1. The van der Waals surface area contributed by atoms with Crippen molar-refractivity contribution in [3.8, 4) is 0 Å². The summed E-state index contributed by atoms with van der Waals surface area (Å²) in [5.74, 6) is 0. The van der Waals surface area contributed by atoms with Crippen molar-refractivity contribution < 1.29 is 9.47 Å². The molecular formula is C14H22N2O2. The molecule has 2 aliphatic heterocycles. The Morgan fingerprint density at radius 3 is 2.89 bits per heavy atom. The van der Waals surface area contributed by atoms with Gasteiger partial charge in [-0.05, 0) is 25.0 Å². The fourth-order valence-corrected chi connectivity index (χ4v) is 3.06. The summed E-state index contributed by atoms with van der Waals surface area (Å²) in [6.07, 6.45) is 4.75. The van der Waals surface area contributed by atoms with E-state index in [-0.39, 0.29) is 0 Å². The quantitative estimate of drug-likeness (QED) is 0.796. The van der Waals surface area contributed by atoms with Crippen LogP contribution in [0, 0.1) is 0 Å². The van der Waals surface area contributed by atoms with Crippen LogP contribution in [0.3, 0.4) is 0 Å². The van der Waals surface area contributed by atoms with E-state index in [1.165, 1.54) is 5.69 Å². The smallest absolute Gasteiger partial charge is 0.0876 e. The summed E-state index contributed by atoms with van der Waals surface area (Å²) in [7, 11) is 1.82. The molecule has 4 heteroatoms. The number of ether oxygens (including phenoxy) is 2. The zero-order valence-corrected chi connectivity index (χ0v) is 11.0. The van der Waals surface area contributed by atoms with Gasteiger partial charge in [0.05, 0.1) is 6.10 Å². The van der Waals surface area contributed by atoms with Crippen molar-refractivity contribution in [3.63, 3.8) is 0 Å². The molecule has 1 unspecified atom stereocenters. The van der Waals surface area contributed by atoms with Gasteiger partial charge < -0.3 is 14.0 Å². The van der Waals surface area contributed by atoms with E-state index in [1.54, 1.807) is 0 Å². The first-order valence-corrected chi connectivity index (χ1v) is 6.85. The van der Waals surface area contributed by atoms with Crippen LogP contribution in [-0.4, -0.2) is 48.5 Å². The molecule has 1 aromatic heterocycles. The molecule has 1 fully saturated rings. The first-order chi connectivity index (χ1) is 8.86. The Kier molecular flexibility index (Phi) is 3.68. The normalized spacial score (nSPS) is 26.8. The van der Waals surface area contributed by atoms with Gasteiger partial charge in [-0.15, -0.1) is 0 Å². The molecule has 1 saturated heterocycles. The summed E-state index contributed by atoms with van der Waals surface area (Å²) in [4.78, 5) is 2.58. The number of fused-ring (bicyclic) bond motifs is 1. The third-order valence-electron chi connectivity index (χ3n) is 4.17. The van der Waals surface area contributed by atoms with Crippen molar-refractivity contribution in [1.29, 1.82) is 0 Å². The maximum atomic E-state index is 5.62. The van der Waals surface area contributed by atoms with E-state index >= 15 is 0 Å². The molecule has 100 valence electrons. The Hall–Kier alpha value is -0.840. The molecule has 0 radical (unpaired) electrons. The summed E-state index contributed by atoms with van der Waals surface area (Å²) >= 11 is 0. The molecule has 4 nitrogen and oxygen atoms in total. The molecule has 0 saturated carbocycles. The number of methoxy groups -OCH3 is 1.